The molecule has 12 unspecified atom stereocenters. The fourth-order valence-electron chi connectivity index (χ4n) is 9.76. The van der Waals surface area contributed by atoms with E-state index in [4.69, 9.17) is 18.9 Å². The first-order chi connectivity index (χ1) is 34.1. The molecule has 70 heavy (non-hydrogen) atoms. The van der Waals surface area contributed by atoms with Gasteiger partial charge in [-0.1, -0.05) is 212 Å². The molecule has 14 nitrogen and oxygen atoms in total. The molecule has 0 spiro atoms. The number of aliphatic hydroxyl groups excluding tert-OH is 8. The Morgan fingerprint density at radius 2 is 0.900 bits per heavy atom. The van der Waals surface area contributed by atoms with Crippen LogP contribution in [0.4, 0.5) is 0 Å². The van der Waals surface area contributed by atoms with E-state index in [0.717, 1.165) is 51.4 Å². The van der Waals surface area contributed by atoms with Gasteiger partial charge in [-0.15, -0.1) is 0 Å². The van der Waals surface area contributed by atoms with Gasteiger partial charge in [-0.3, -0.25) is 4.79 Å². The van der Waals surface area contributed by atoms with Gasteiger partial charge in [0, 0.05) is 6.42 Å². The van der Waals surface area contributed by atoms with Crippen LogP contribution in [-0.4, -0.2) is 140 Å². The summed E-state index contributed by atoms with van der Waals surface area (Å²) < 4.78 is 22.8. The van der Waals surface area contributed by atoms with Crippen molar-refractivity contribution in [2.45, 2.75) is 319 Å². The van der Waals surface area contributed by atoms with Gasteiger partial charge in [-0.2, -0.15) is 0 Å². The minimum Gasteiger partial charge on any atom is -0.394 e. The molecule has 2 fully saturated rings. The van der Waals surface area contributed by atoms with E-state index in [9.17, 15) is 45.6 Å². The van der Waals surface area contributed by atoms with Crippen LogP contribution in [-0.2, 0) is 23.7 Å². The monoisotopic (exact) mass is 1000 g/mol. The summed E-state index contributed by atoms with van der Waals surface area (Å²) >= 11 is 0. The van der Waals surface area contributed by atoms with Gasteiger partial charge >= 0.3 is 0 Å². The van der Waals surface area contributed by atoms with E-state index in [1.165, 1.54) is 167 Å². The minimum atomic E-state index is -1.78. The van der Waals surface area contributed by atoms with Crippen molar-refractivity contribution >= 4 is 5.91 Å². The molecule has 0 saturated carbocycles. The maximum Gasteiger partial charge on any atom is 0.220 e. The number of amides is 1. The normalized spacial score (nSPS) is 26.0. The third-order valence-electron chi connectivity index (χ3n) is 14.5. The summed E-state index contributed by atoms with van der Waals surface area (Å²) in [5.74, 6) is -0.206. The Kier molecular flexibility index (Phi) is 39.9. The molecule has 0 aromatic heterocycles. The molecule has 0 radical (unpaired) electrons. The van der Waals surface area contributed by atoms with E-state index in [1.807, 2.05) is 0 Å². The molecule has 0 aromatic carbocycles. The van der Waals surface area contributed by atoms with Crippen LogP contribution in [0.1, 0.15) is 245 Å². The Morgan fingerprint density at radius 3 is 1.36 bits per heavy atom. The first-order valence-electron chi connectivity index (χ1n) is 28.9. The van der Waals surface area contributed by atoms with Gasteiger partial charge in [0.25, 0.3) is 0 Å². The molecule has 2 saturated heterocycles. The number of carbonyl (C=O) groups is 1. The topological polar surface area (TPSA) is 228 Å². The van der Waals surface area contributed by atoms with Crippen molar-refractivity contribution < 1.29 is 64.6 Å². The third-order valence-corrected chi connectivity index (χ3v) is 14.5. The van der Waals surface area contributed by atoms with Crippen LogP contribution < -0.4 is 5.32 Å². The highest BCUT2D eigenvalue weighted by Crippen LogP contribution is 2.30. The van der Waals surface area contributed by atoms with Crippen molar-refractivity contribution in [2.75, 3.05) is 19.8 Å². The number of hydrogen-bond acceptors (Lipinski definition) is 13. The van der Waals surface area contributed by atoms with E-state index in [2.05, 4.69) is 31.3 Å². The molecular weight excluding hydrogens is 895 g/mol. The molecule has 0 aromatic rings. The average Bonchev–Trinajstić information content (AvgIpc) is 3.36. The summed E-state index contributed by atoms with van der Waals surface area (Å²) in [6, 6.07) is -0.826. The van der Waals surface area contributed by atoms with Gasteiger partial charge in [0.1, 0.15) is 48.8 Å². The molecule has 2 rings (SSSR count). The lowest BCUT2D eigenvalue weighted by Crippen LogP contribution is -2.65. The SMILES string of the molecule is CCCCCCCC/C=C\CCCCCCCCCCCC(=O)NC(COC1OC(CO)C(OC2OC(CO)C(O)C(O)C2O)C(O)C1O)C(O)CCCCCCCCCCCCCCCCCCC. The zero-order valence-corrected chi connectivity index (χ0v) is 44.3. The van der Waals surface area contributed by atoms with Crippen molar-refractivity contribution in [3.63, 3.8) is 0 Å². The van der Waals surface area contributed by atoms with E-state index in [0.29, 0.717) is 12.8 Å². The second kappa shape index (κ2) is 43.0. The second-order valence-corrected chi connectivity index (χ2v) is 20.8. The maximum atomic E-state index is 13.3. The predicted molar refractivity (Wildman–Crippen MR) is 277 cm³/mol. The van der Waals surface area contributed by atoms with Crippen molar-refractivity contribution in [2.24, 2.45) is 0 Å². The fraction of sp³-hybridized carbons (Fsp3) is 0.946. The summed E-state index contributed by atoms with van der Waals surface area (Å²) in [4.78, 5) is 13.3. The molecule has 1 amide bonds. The molecule has 9 N–H and O–H groups in total. The lowest BCUT2D eigenvalue weighted by molar-refractivity contribution is -0.359. The number of ether oxygens (including phenoxy) is 4. The van der Waals surface area contributed by atoms with Gasteiger partial charge in [0.15, 0.2) is 12.6 Å². The number of nitrogens with one attached hydrogen (secondary N) is 1. The minimum absolute atomic E-state index is 0.206. The van der Waals surface area contributed by atoms with Crippen LogP contribution >= 0.6 is 0 Å². The lowest BCUT2D eigenvalue weighted by atomic mass is 9.97. The predicted octanol–water partition coefficient (Wildman–Crippen LogP) is 9.11. The van der Waals surface area contributed by atoms with Crippen molar-refractivity contribution in [1.82, 2.24) is 5.32 Å². The Bertz CT molecular complexity index is 1230. The molecule has 2 aliphatic rings. The molecular formula is C56H107NO13. The summed E-state index contributed by atoms with van der Waals surface area (Å²) in [5.41, 5.74) is 0. The maximum absolute atomic E-state index is 13.3. The summed E-state index contributed by atoms with van der Waals surface area (Å²) in [6.45, 7) is 2.88. The standard InChI is InChI=1S/C56H107NO13/c1-3-5-7-9-11-13-15-17-19-21-22-24-26-28-30-32-34-36-38-40-48(61)57-44(45(60)39-37-35-33-31-29-27-25-23-20-18-16-14-12-10-8-6-4-2)43-67-55-53(66)51(64)54(47(42-59)69-55)70-56-52(65)50(63)49(62)46(41-58)68-56/h17,19,44-47,49-56,58-60,62-66H,3-16,18,20-43H2,1-2H3,(H,57,61)/b19-17-. The molecule has 0 aliphatic carbocycles. The number of unbranched alkanes of at least 4 members (excludes halogenated alkanes) is 31. The fourth-order valence-corrected chi connectivity index (χ4v) is 9.76. The number of aliphatic hydroxyl groups is 8. The van der Waals surface area contributed by atoms with Crippen LogP contribution in [0.5, 0.6) is 0 Å². The van der Waals surface area contributed by atoms with Crippen LogP contribution in [0.15, 0.2) is 12.2 Å². The highest BCUT2D eigenvalue weighted by atomic mass is 16.7. The third kappa shape index (κ3) is 29.0. The molecule has 12 atom stereocenters. The molecule has 0 bridgehead atoms. The zero-order valence-electron chi connectivity index (χ0n) is 44.3. The van der Waals surface area contributed by atoms with E-state index in [-0.39, 0.29) is 12.5 Å². The Labute approximate surface area is 425 Å². The molecule has 2 aliphatic heterocycles. The number of rotatable bonds is 46. The van der Waals surface area contributed by atoms with Crippen LogP contribution in [0.3, 0.4) is 0 Å². The van der Waals surface area contributed by atoms with E-state index >= 15 is 0 Å². The molecule has 414 valence electrons. The van der Waals surface area contributed by atoms with Gasteiger partial charge < -0.3 is 65.1 Å². The van der Waals surface area contributed by atoms with E-state index in [1.54, 1.807) is 0 Å². The van der Waals surface area contributed by atoms with E-state index < -0.39 is 86.8 Å². The molecule has 2 heterocycles. The Hall–Kier alpha value is -1.27. The largest absolute Gasteiger partial charge is 0.394 e. The van der Waals surface area contributed by atoms with Crippen molar-refractivity contribution in [3.05, 3.63) is 12.2 Å². The second-order valence-electron chi connectivity index (χ2n) is 20.8. The lowest BCUT2D eigenvalue weighted by Gasteiger charge is -2.46. The highest BCUT2D eigenvalue weighted by molar-refractivity contribution is 5.76. The number of carbonyl (C=O) groups excluding carboxylic acids is 1. The Morgan fingerprint density at radius 1 is 0.500 bits per heavy atom. The first kappa shape index (κ1) is 64.8. The van der Waals surface area contributed by atoms with Crippen LogP contribution in [0, 0.1) is 0 Å². The van der Waals surface area contributed by atoms with Gasteiger partial charge in [-0.05, 0) is 38.5 Å². The number of allylic oxidation sites excluding steroid dienone is 2. The smallest absolute Gasteiger partial charge is 0.220 e. The quantitative estimate of drug-likeness (QED) is 0.0205. The number of hydrogen-bond donors (Lipinski definition) is 9. The van der Waals surface area contributed by atoms with Crippen molar-refractivity contribution in [3.8, 4) is 0 Å². The van der Waals surface area contributed by atoms with Crippen LogP contribution in [0.2, 0.25) is 0 Å². The van der Waals surface area contributed by atoms with Gasteiger partial charge in [-0.25, -0.2) is 0 Å². The van der Waals surface area contributed by atoms with Gasteiger partial charge in [0.2, 0.25) is 5.91 Å². The first-order valence-corrected chi connectivity index (χ1v) is 28.9. The summed E-state index contributed by atoms with van der Waals surface area (Å²) in [5, 5.41) is 87.2. The molecule has 14 heteroatoms. The van der Waals surface area contributed by atoms with Crippen LogP contribution in [0.25, 0.3) is 0 Å². The van der Waals surface area contributed by atoms with Gasteiger partial charge in [0.05, 0.1) is 32.0 Å². The van der Waals surface area contributed by atoms with Crippen molar-refractivity contribution in [1.29, 1.82) is 0 Å². The average molecular weight is 1000 g/mol. The summed E-state index contributed by atoms with van der Waals surface area (Å²) in [7, 11) is 0. The zero-order chi connectivity index (χ0) is 51.0. The Balaban J connectivity index is 1.77. The summed E-state index contributed by atoms with van der Waals surface area (Å²) in [6.07, 6.45) is 30.6. The highest BCUT2D eigenvalue weighted by Gasteiger charge is 2.51.